The maximum Gasteiger partial charge on any atom is 0.322 e. The Hall–Kier alpha value is -2.02. The number of benzene rings is 1. The number of carbonyl (C=O) groups is 1. The average Bonchev–Trinajstić information content (AvgIpc) is 2.79. The minimum Gasteiger partial charge on any atom is -0.322 e. The number of nitrogens with one attached hydrogen (secondary N) is 1. The van der Waals surface area contributed by atoms with Crippen LogP contribution in [0.1, 0.15) is 10.7 Å². The normalized spacial score (nSPS) is 10.4. The van der Waals surface area contributed by atoms with Gasteiger partial charge < -0.3 is 10.2 Å². The summed E-state index contributed by atoms with van der Waals surface area (Å²) < 4.78 is 26.8. The Morgan fingerprint density at radius 3 is 2.60 bits per heavy atom. The Balaban J connectivity index is 2.04. The predicted octanol–water partition coefficient (Wildman–Crippen LogP) is 3.39. The molecule has 20 heavy (non-hydrogen) atoms. The standard InChI is InChI=1S/C13H13F2N3OS/c1-8-16-9(7-20-8)6-18(2)13(19)17-12-10(14)4-3-5-11(12)15/h3-5,7H,6H2,1-2H3,(H,17,19). The van der Waals surface area contributed by atoms with Crippen LogP contribution in [-0.2, 0) is 6.54 Å². The van der Waals surface area contributed by atoms with E-state index in [1.807, 2.05) is 12.3 Å². The van der Waals surface area contributed by atoms with Gasteiger partial charge in [-0.15, -0.1) is 11.3 Å². The van der Waals surface area contributed by atoms with Gasteiger partial charge in [0.25, 0.3) is 0 Å². The number of hydrogen-bond donors (Lipinski definition) is 1. The number of carbonyl (C=O) groups excluding carboxylic acids is 1. The van der Waals surface area contributed by atoms with Crippen molar-refractivity contribution in [2.24, 2.45) is 0 Å². The van der Waals surface area contributed by atoms with Crippen molar-refractivity contribution < 1.29 is 13.6 Å². The first-order valence-corrected chi connectivity index (χ1v) is 6.72. The SMILES string of the molecule is Cc1nc(CN(C)C(=O)Nc2c(F)cccc2F)cs1. The summed E-state index contributed by atoms with van der Waals surface area (Å²) in [4.78, 5) is 17.4. The fraction of sp³-hybridized carbons (Fsp3) is 0.231. The number of halogens is 2. The molecule has 0 atom stereocenters. The molecule has 0 bridgehead atoms. The van der Waals surface area contributed by atoms with Gasteiger partial charge in [-0.05, 0) is 19.1 Å². The molecule has 2 aromatic rings. The van der Waals surface area contributed by atoms with E-state index in [0.717, 1.165) is 22.8 Å². The molecule has 2 amide bonds. The van der Waals surface area contributed by atoms with Crippen molar-refractivity contribution in [1.82, 2.24) is 9.88 Å². The first-order valence-electron chi connectivity index (χ1n) is 5.84. The quantitative estimate of drug-likeness (QED) is 0.943. The molecule has 0 aliphatic heterocycles. The predicted molar refractivity (Wildman–Crippen MR) is 73.7 cm³/mol. The lowest BCUT2D eigenvalue weighted by molar-refractivity contribution is 0.220. The van der Waals surface area contributed by atoms with Crippen molar-refractivity contribution in [3.8, 4) is 0 Å². The number of para-hydroxylation sites is 1. The number of urea groups is 1. The van der Waals surface area contributed by atoms with Gasteiger partial charge in [-0.1, -0.05) is 6.07 Å². The topological polar surface area (TPSA) is 45.2 Å². The van der Waals surface area contributed by atoms with E-state index in [-0.39, 0.29) is 6.54 Å². The minimum atomic E-state index is -0.809. The van der Waals surface area contributed by atoms with Gasteiger partial charge in [0, 0.05) is 12.4 Å². The molecular formula is C13H13F2N3OS. The van der Waals surface area contributed by atoms with Crippen LogP contribution in [0.3, 0.4) is 0 Å². The molecule has 106 valence electrons. The third kappa shape index (κ3) is 3.30. The zero-order valence-corrected chi connectivity index (χ0v) is 11.8. The average molecular weight is 297 g/mol. The van der Waals surface area contributed by atoms with Crippen LogP contribution in [0.25, 0.3) is 0 Å². The van der Waals surface area contributed by atoms with Crippen LogP contribution in [0.15, 0.2) is 23.6 Å². The van der Waals surface area contributed by atoms with Crippen LogP contribution in [0.2, 0.25) is 0 Å². The molecule has 0 unspecified atom stereocenters. The molecule has 0 saturated heterocycles. The molecule has 1 heterocycles. The van der Waals surface area contributed by atoms with Crippen LogP contribution >= 0.6 is 11.3 Å². The van der Waals surface area contributed by atoms with Crippen molar-refractivity contribution in [2.75, 3.05) is 12.4 Å². The Bertz CT molecular complexity index is 610. The molecule has 4 nitrogen and oxygen atoms in total. The summed E-state index contributed by atoms with van der Waals surface area (Å²) in [6, 6.07) is 2.81. The summed E-state index contributed by atoms with van der Waals surface area (Å²) in [5, 5.41) is 4.95. The number of aromatic nitrogens is 1. The number of hydrogen-bond acceptors (Lipinski definition) is 3. The fourth-order valence-electron chi connectivity index (χ4n) is 1.62. The summed E-state index contributed by atoms with van der Waals surface area (Å²) in [5.74, 6) is -1.62. The van der Waals surface area contributed by atoms with Crippen LogP contribution in [0.5, 0.6) is 0 Å². The van der Waals surface area contributed by atoms with Crippen molar-refractivity contribution in [3.05, 3.63) is 45.9 Å². The van der Waals surface area contributed by atoms with E-state index >= 15 is 0 Å². The van der Waals surface area contributed by atoms with E-state index in [1.54, 1.807) is 0 Å². The van der Waals surface area contributed by atoms with Gasteiger partial charge in [-0.25, -0.2) is 18.6 Å². The highest BCUT2D eigenvalue weighted by Crippen LogP contribution is 2.18. The molecule has 7 heteroatoms. The molecule has 0 fully saturated rings. The fourth-order valence-corrected chi connectivity index (χ4v) is 2.22. The lowest BCUT2D eigenvalue weighted by atomic mass is 10.3. The number of rotatable bonds is 3. The zero-order valence-electron chi connectivity index (χ0n) is 11.0. The maximum absolute atomic E-state index is 13.4. The third-order valence-electron chi connectivity index (χ3n) is 2.61. The van der Waals surface area contributed by atoms with Gasteiger partial charge in [0.2, 0.25) is 0 Å². The maximum atomic E-state index is 13.4. The largest absolute Gasteiger partial charge is 0.322 e. The molecule has 0 saturated carbocycles. The lowest BCUT2D eigenvalue weighted by Gasteiger charge is -2.17. The second kappa shape index (κ2) is 5.96. The molecule has 0 aliphatic carbocycles. The Labute approximate surface area is 119 Å². The number of amides is 2. The second-order valence-corrected chi connectivity index (χ2v) is 5.30. The molecule has 1 aromatic heterocycles. The van der Waals surface area contributed by atoms with Crippen molar-refractivity contribution in [3.63, 3.8) is 0 Å². The highest BCUT2D eigenvalue weighted by Gasteiger charge is 2.15. The number of thiazole rings is 1. The van der Waals surface area contributed by atoms with Gasteiger partial charge in [-0.3, -0.25) is 0 Å². The molecule has 0 aliphatic rings. The lowest BCUT2D eigenvalue weighted by Crippen LogP contribution is -2.31. The van der Waals surface area contributed by atoms with Crippen LogP contribution in [-0.4, -0.2) is 23.0 Å². The molecule has 2 rings (SSSR count). The number of anilines is 1. The van der Waals surface area contributed by atoms with Gasteiger partial charge in [-0.2, -0.15) is 0 Å². The summed E-state index contributed by atoms with van der Waals surface area (Å²) in [7, 11) is 1.53. The van der Waals surface area contributed by atoms with Crippen molar-refractivity contribution in [1.29, 1.82) is 0 Å². The molecule has 1 aromatic carbocycles. The monoisotopic (exact) mass is 297 g/mol. The van der Waals surface area contributed by atoms with Gasteiger partial charge in [0.1, 0.15) is 17.3 Å². The first kappa shape index (κ1) is 14.4. The zero-order chi connectivity index (χ0) is 14.7. The summed E-state index contributed by atoms with van der Waals surface area (Å²) in [6.07, 6.45) is 0. The highest BCUT2D eigenvalue weighted by atomic mass is 32.1. The number of nitrogens with zero attached hydrogens (tertiary/aromatic N) is 2. The van der Waals surface area contributed by atoms with E-state index in [4.69, 9.17) is 0 Å². The van der Waals surface area contributed by atoms with Crippen LogP contribution < -0.4 is 5.32 Å². The Morgan fingerprint density at radius 2 is 2.05 bits per heavy atom. The minimum absolute atomic E-state index is 0.270. The van der Waals surface area contributed by atoms with Gasteiger partial charge in [0.15, 0.2) is 0 Å². The third-order valence-corrected chi connectivity index (χ3v) is 3.43. The number of aryl methyl sites for hydroxylation is 1. The van der Waals surface area contributed by atoms with E-state index in [2.05, 4.69) is 10.3 Å². The summed E-state index contributed by atoms with van der Waals surface area (Å²) >= 11 is 1.48. The van der Waals surface area contributed by atoms with Crippen molar-refractivity contribution >= 4 is 23.1 Å². The van der Waals surface area contributed by atoms with E-state index < -0.39 is 23.4 Å². The molecule has 0 radical (unpaired) electrons. The molecule has 0 spiro atoms. The van der Waals surface area contributed by atoms with E-state index in [0.29, 0.717) is 0 Å². The first-order chi connectivity index (χ1) is 9.47. The van der Waals surface area contributed by atoms with Crippen LogP contribution in [0.4, 0.5) is 19.3 Å². The van der Waals surface area contributed by atoms with E-state index in [1.165, 1.54) is 29.4 Å². The second-order valence-electron chi connectivity index (χ2n) is 4.24. The molecule has 1 N–H and O–H groups in total. The Kier molecular flexibility index (Phi) is 4.29. The Morgan fingerprint density at radius 1 is 1.40 bits per heavy atom. The van der Waals surface area contributed by atoms with Crippen molar-refractivity contribution in [2.45, 2.75) is 13.5 Å². The summed E-state index contributed by atoms with van der Waals surface area (Å²) in [6.45, 7) is 2.13. The highest BCUT2D eigenvalue weighted by molar-refractivity contribution is 7.09. The smallest absolute Gasteiger partial charge is 0.322 e. The van der Waals surface area contributed by atoms with E-state index in [9.17, 15) is 13.6 Å². The molecular weight excluding hydrogens is 284 g/mol. The van der Waals surface area contributed by atoms with Gasteiger partial charge >= 0.3 is 6.03 Å². The summed E-state index contributed by atoms with van der Waals surface area (Å²) in [5.41, 5.74) is 0.290. The van der Waals surface area contributed by atoms with Crippen LogP contribution in [0, 0.1) is 18.6 Å². The van der Waals surface area contributed by atoms with Gasteiger partial charge in [0.05, 0.1) is 17.2 Å².